The Kier molecular flexibility index (Phi) is 7.82. The molecule has 2 aliphatic rings. The van der Waals surface area contributed by atoms with Crippen molar-refractivity contribution in [2.75, 3.05) is 36.8 Å². The molecule has 3 heterocycles. The number of nitrogens with two attached hydrogens (primary N) is 1. The van der Waals surface area contributed by atoms with Crippen molar-refractivity contribution in [1.82, 2.24) is 9.88 Å². The lowest BCUT2D eigenvalue weighted by Gasteiger charge is -2.55. The minimum Gasteiger partial charge on any atom is -0.428 e. The number of anilines is 2. The van der Waals surface area contributed by atoms with E-state index in [4.69, 9.17) is 15.2 Å². The molecule has 1 aromatic heterocycles. The van der Waals surface area contributed by atoms with Gasteiger partial charge in [-0.2, -0.15) is 0 Å². The Bertz CT molecular complexity index is 1010. The molecule has 3 rings (SSSR count). The molecule has 0 saturated carbocycles. The molecule has 12 nitrogen and oxygen atoms in total. The van der Waals surface area contributed by atoms with Crippen molar-refractivity contribution >= 4 is 64.0 Å². The van der Waals surface area contributed by atoms with Gasteiger partial charge >= 0.3 is 11.9 Å². The summed E-state index contributed by atoms with van der Waals surface area (Å²) in [6.07, 6.45) is 2.38. The summed E-state index contributed by atoms with van der Waals surface area (Å²) in [5, 5.41) is 4.87. The van der Waals surface area contributed by atoms with Crippen LogP contribution in [0.2, 0.25) is 0 Å². The number of amides is 2. The van der Waals surface area contributed by atoms with Crippen LogP contribution in [0.1, 0.15) is 13.8 Å². The summed E-state index contributed by atoms with van der Waals surface area (Å²) >= 11 is 2.43. The van der Waals surface area contributed by atoms with E-state index in [-0.39, 0.29) is 35.1 Å². The molecule has 3 atom stereocenters. The Morgan fingerprint density at radius 3 is 2.76 bits per heavy atom. The maximum Gasteiger partial charge on any atom is 0.321 e. The lowest BCUT2D eigenvalue weighted by atomic mass is 9.87. The van der Waals surface area contributed by atoms with Gasteiger partial charge in [-0.1, -0.05) is 25.1 Å². The number of carbonyl (C=O) groups excluding carboxylic acids is 4. The van der Waals surface area contributed by atoms with Crippen LogP contribution in [0.25, 0.3) is 0 Å². The predicted molar refractivity (Wildman–Crippen MR) is 126 cm³/mol. The third kappa shape index (κ3) is 4.87. The SMILES string of the molecule is C=CC1(C(=O)OCOC(=O)C(C)C)CS[C@@H]2C(N(C(=O)C=NOC)c3csc(N)n3)C(=O)N2C1. The minimum absolute atomic E-state index is 0.00779. The van der Waals surface area contributed by atoms with Gasteiger partial charge in [0.25, 0.3) is 5.91 Å². The first-order valence-electron chi connectivity index (χ1n) is 10.2. The molecule has 0 bridgehead atoms. The van der Waals surface area contributed by atoms with E-state index in [1.54, 1.807) is 19.2 Å². The number of nitrogens with zero attached hydrogens (tertiary/aromatic N) is 4. The van der Waals surface area contributed by atoms with Crippen LogP contribution in [0, 0.1) is 11.3 Å². The van der Waals surface area contributed by atoms with Crippen LogP contribution in [-0.2, 0) is 33.5 Å². The Morgan fingerprint density at radius 1 is 1.44 bits per heavy atom. The normalized spacial score (nSPS) is 23.8. The molecule has 2 amide bonds. The van der Waals surface area contributed by atoms with E-state index >= 15 is 0 Å². The highest BCUT2D eigenvalue weighted by Gasteiger charge is 2.59. The second-order valence-corrected chi connectivity index (χ2v) is 9.80. The minimum atomic E-state index is -1.19. The molecule has 184 valence electrons. The average Bonchev–Trinajstić information content (AvgIpc) is 3.25. The van der Waals surface area contributed by atoms with Gasteiger partial charge in [0.2, 0.25) is 12.7 Å². The molecule has 2 fully saturated rings. The van der Waals surface area contributed by atoms with Crippen molar-refractivity contribution < 1.29 is 33.5 Å². The van der Waals surface area contributed by atoms with E-state index in [1.807, 2.05) is 0 Å². The zero-order valence-corrected chi connectivity index (χ0v) is 20.5. The highest BCUT2D eigenvalue weighted by molar-refractivity contribution is 8.00. The van der Waals surface area contributed by atoms with Gasteiger partial charge in [-0.25, -0.2) is 4.98 Å². The zero-order valence-electron chi connectivity index (χ0n) is 18.8. The van der Waals surface area contributed by atoms with Crippen LogP contribution in [0.4, 0.5) is 10.9 Å². The monoisotopic (exact) mass is 511 g/mol. The number of nitrogen functional groups attached to an aromatic ring is 1. The van der Waals surface area contributed by atoms with Gasteiger partial charge in [-0.3, -0.25) is 24.1 Å². The zero-order chi connectivity index (χ0) is 25.0. The molecule has 2 saturated heterocycles. The quantitative estimate of drug-likeness (QED) is 0.126. The van der Waals surface area contributed by atoms with Crippen molar-refractivity contribution in [3.63, 3.8) is 0 Å². The van der Waals surface area contributed by atoms with Crippen molar-refractivity contribution in [2.45, 2.75) is 25.3 Å². The number of thiazole rings is 1. The number of aromatic nitrogens is 1. The fourth-order valence-corrected chi connectivity index (χ4v) is 5.51. The van der Waals surface area contributed by atoms with Gasteiger partial charge in [0.1, 0.15) is 36.0 Å². The number of thioether (sulfide) groups is 1. The van der Waals surface area contributed by atoms with E-state index in [0.29, 0.717) is 0 Å². The van der Waals surface area contributed by atoms with Gasteiger partial charge < -0.3 is 24.9 Å². The number of ether oxygens (including phenoxy) is 2. The van der Waals surface area contributed by atoms with Crippen LogP contribution in [0.15, 0.2) is 23.2 Å². The standard InChI is InChI=1S/C20H25N5O7S2/c1-5-20(18(29)32-10-31-17(28)11(2)3)8-24-15(27)14(16(24)34-9-20)25(13(26)6-22-30-4)12-7-33-19(21)23-12/h5-7,11,14,16H,1,8-10H2,2-4H3,(H2,21,23)/t14?,16-,20?/m1/s1. The third-order valence-electron chi connectivity index (χ3n) is 5.28. The number of hydrogen-bond acceptors (Lipinski definition) is 12. The molecule has 34 heavy (non-hydrogen) atoms. The molecule has 2 unspecified atom stereocenters. The largest absolute Gasteiger partial charge is 0.428 e. The van der Waals surface area contributed by atoms with Crippen molar-refractivity contribution in [1.29, 1.82) is 0 Å². The molecular formula is C20H25N5O7S2. The number of β-lactam (4-membered cyclic amide) rings is 1. The Labute approximate surface area is 204 Å². The molecule has 2 aliphatic heterocycles. The second-order valence-electron chi connectivity index (χ2n) is 7.81. The van der Waals surface area contributed by atoms with Crippen molar-refractivity contribution in [2.24, 2.45) is 16.5 Å². The number of carbonyl (C=O) groups is 4. The van der Waals surface area contributed by atoms with Crippen LogP contribution < -0.4 is 10.6 Å². The highest BCUT2D eigenvalue weighted by atomic mass is 32.2. The number of oxime groups is 1. The Morgan fingerprint density at radius 2 is 2.18 bits per heavy atom. The van der Waals surface area contributed by atoms with E-state index in [9.17, 15) is 19.2 Å². The molecule has 14 heteroatoms. The summed E-state index contributed by atoms with van der Waals surface area (Å²) in [5.41, 5.74) is 4.53. The summed E-state index contributed by atoms with van der Waals surface area (Å²) < 4.78 is 10.1. The molecule has 0 aromatic carbocycles. The van der Waals surface area contributed by atoms with Crippen molar-refractivity contribution in [3.8, 4) is 0 Å². The number of rotatable bonds is 9. The van der Waals surface area contributed by atoms with Gasteiger partial charge in [-0.05, 0) is 0 Å². The number of hydrogen-bond donors (Lipinski definition) is 1. The first-order chi connectivity index (χ1) is 16.1. The molecule has 0 aliphatic carbocycles. The Hall–Kier alpha value is -3.13. The van der Waals surface area contributed by atoms with Crippen LogP contribution in [0.3, 0.4) is 0 Å². The van der Waals surface area contributed by atoms with E-state index in [2.05, 4.69) is 21.6 Å². The summed E-state index contributed by atoms with van der Waals surface area (Å²) in [4.78, 5) is 61.7. The number of fused-ring (bicyclic) bond motifs is 1. The summed E-state index contributed by atoms with van der Waals surface area (Å²) in [7, 11) is 1.29. The van der Waals surface area contributed by atoms with Crippen LogP contribution >= 0.6 is 23.1 Å². The third-order valence-corrected chi connectivity index (χ3v) is 7.48. The predicted octanol–water partition coefficient (Wildman–Crippen LogP) is 0.846. The van der Waals surface area contributed by atoms with Crippen LogP contribution in [-0.4, -0.2) is 77.5 Å². The smallest absolute Gasteiger partial charge is 0.321 e. The average molecular weight is 512 g/mol. The fraction of sp³-hybridized carbons (Fsp3) is 0.500. The number of esters is 2. The van der Waals surface area contributed by atoms with Gasteiger partial charge in [0.05, 0.1) is 5.92 Å². The lowest BCUT2D eigenvalue weighted by molar-refractivity contribution is -0.176. The topological polar surface area (TPSA) is 154 Å². The molecule has 0 spiro atoms. The summed E-state index contributed by atoms with van der Waals surface area (Å²) in [5.74, 6) is -2.03. The van der Waals surface area contributed by atoms with E-state index in [1.165, 1.54) is 34.7 Å². The van der Waals surface area contributed by atoms with Gasteiger partial charge in [-0.15, -0.1) is 29.7 Å². The lowest BCUT2D eigenvalue weighted by Crippen LogP contribution is -2.74. The highest BCUT2D eigenvalue weighted by Crippen LogP contribution is 2.45. The molecule has 2 N–H and O–H groups in total. The molecule has 0 radical (unpaired) electrons. The molecular weight excluding hydrogens is 486 g/mol. The second kappa shape index (κ2) is 10.4. The van der Waals surface area contributed by atoms with Crippen LogP contribution in [0.5, 0.6) is 0 Å². The molecule has 1 aromatic rings. The summed E-state index contributed by atoms with van der Waals surface area (Å²) in [6, 6.07) is -0.867. The maximum absolute atomic E-state index is 13.1. The summed E-state index contributed by atoms with van der Waals surface area (Å²) in [6.45, 7) is 6.55. The first-order valence-corrected chi connectivity index (χ1v) is 12.1. The maximum atomic E-state index is 13.1. The van der Waals surface area contributed by atoms with E-state index in [0.717, 1.165) is 17.6 Å². The Balaban J connectivity index is 1.73. The van der Waals surface area contributed by atoms with Gasteiger partial charge in [0.15, 0.2) is 5.13 Å². The van der Waals surface area contributed by atoms with Gasteiger partial charge in [0, 0.05) is 17.7 Å². The first kappa shape index (κ1) is 25.5. The van der Waals surface area contributed by atoms with E-state index < -0.39 is 41.5 Å². The fourth-order valence-electron chi connectivity index (χ4n) is 3.40. The van der Waals surface area contributed by atoms with Crippen molar-refractivity contribution in [3.05, 3.63) is 18.0 Å².